The summed E-state index contributed by atoms with van der Waals surface area (Å²) in [7, 11) is 0. The predicted octanol–water partition coefficient (Wildman–Crippen LogP) is 2.92. The lowest BCUT2D eigenvalue weighted by Crippen LogP contribution is -2.44. The second kappa shape index (κ2) is 6.40. The number of hydrogen-bond acceptors (Lipinski definition) is 4. The van der Waals surface area contributed by atoms with Crippen LogP contribution in [0.15, 0.2) is 36.7 Å². The van der Waals surface area contributed by atoms with Crippen LogP contribution in [0.3, 0.4) is 0 Å². The normalized spacial score (nSPS) is 18.0. The molecular weight excluding hydrogens is 326 g/mol. The Morgan fingerprint density at radius 1 is 1.32 bits per heavy atom. The molecule has 3 aromatic rings. The van der Waals surface area contributed by atoms with E-state index in [1.165, 1.54) is 0 Å². The van der Waals surface area contributed by atoms with Crippen molar-refractivity contribution in [3.05, 3.63) is 54.0 Å². The predicted molar refractivity (Wildman–Crippen MR) is 90.6 cm³/mol. The minimum Gasteiger partial charge on any atom is -0.373 e. The minimum atomic E-state index is -0.899. The fourth-order valence-corrected chi connectivity index (χ4v) is 3.27. The van der Waals surface area contributed by atoms with Crippen molar-refractivity contribution in [2.75, 3.05) is 24.6 Å². The Hall–Kier alpha value is -2.54. The average Bonchev–Trinajstić information content (AvgIpc) is 3.11. The van der Waals surface area contributed by atoms with E-state index >= 15 is 0 Å². The van der Waals surface area contributed by atoms with E-state index in [1.807, 2.05) is 23.0 Å². The van der Waals surface area contributed by atoms with Gasteiger partial charge in [0.15, 0.2) is 11.6 Å². The largest absolute Gasteiger partial charge is 0.373 e. The van der Waals surface area contributed by atoms with E-state index in [9.17, 15) is 8.78 Å². The molecule has 25 heavy (non-hydrogen) atoms. The Labute approximate surface area is 143 Å². The maximum absolute atomic E-state index is 14.2. The molecule has 0 bridgehead atoms. The number of morpholine rings is 1. The molecule has 0 aliphatic carbocycles. The summed E-state index contributed by atoms with van der Waals surface area (Å²) in [6.07, 6.45) is 3.60. The number of hydrogen-bond donors (Lipinski definition) is 0. The summed E-state index contributed by atoms with van der Waals surface area (Å²) in [6, 6.07) is 6.53. The minimum absolute atomic E-state index is 0.0255. The molecule has 0 radical (unpaired) electrons. The third-order valence-corrected chi connectivity index (χ3v) is 4.41. The van der Waals surface area contributed by atoms with E-state index in [-0.39, 0.29) is 11.6 Å². The van der Waals surface area contributed by atoms with Gasteiger partial charge in [0, 0.05) is 42.3 Å². The van der Waals surface area contributed by atoms with Crippen LogP contribution >= 0.6 is 0 Å². The molecule has 1 saturated heterocycles. The summed E-state index contributed by atoms with van der Waals surface area (Å²) >= 11 is 0. The zero-order valence-electron chi connectivity index (χ0n) is 13.8. The quantitative estimate of drug-likeness (QED) is 0.733. The van der Waals surface area contributed by atoms with E-state index in [0.29, 0.717) is 37.3 Å². The van der Waals surface area contributed by atoms with Crippen LogP contribution in [0.5, 0.6) is 0 Å². The molecular formula is C18H18F2N4O. The number of aromatic nitrogens is 3. The standard InChI is InChI=1S/C18H18F2N4O/c1-12-9-16(14-3-4-15(19)17(20)18(14)22-12)23-7-8-25-13(10-23)11-24-6-2-5-21-24/h2-6,9,13H,7-8,10-11H2,1H3/t13-/m1/s1. The highest BCUT2D eigenvalue weighted by Crippen LogP contribution is 2.30. The zero-order valence-corrected chi connectivity index (χ0v) is 13.8. The first-order valence-electron chi connectivity index (χ1n) is 8.21. The molecule has 130 valence electrons. The Balaban J connectivity index is 1.67. The molecule has 0 amide bonds. The molecule has 0 saturated carbocycles. The topological polar surface area (TPSA) is 43.2 Å². The fourth-order valence-electron chi connectivity index (χ4n) is 3.27. The van der Waals surface area contributed by atoms with Crippen molar-refractivity contribution >= 4 is 16.6 Å². The lowest BCUT2D eigenvalue weighted by molar-refractivity contribution is 0.0275. The number of halogens is 2. The molecule has 0 spiro atoms. The molecule has 2 aromatic heterocycles. The summed E-state index contributed by atoms with van der Waals surface area (Å²) in [5.41, 5.74) is 1.59. The average molecular weight is 344 g/mol. The second-order valence-corrected chi connectivity index (χ2v) is 6.21. The number of aryl methyl sites for hydroxylation is 1. The zero-order chi connectivity index (χ0) is 17.4. The van der Waals surface area contributed by atoms with Crippen molar-refractivity contribution in [2.45, 2.75) is 19.6 Å². The van der Waals surface area contributed by atoms with Crippen LogP contribution in [0.4, 0.5) is 14.5 Å². The van der Waals surface area contributed by atoms with Gasteiger partial charge in [0.05, 0.1) is 19.3 Å². The number of ether oxygens (including phenoxy) is 1. The van der Waals surface area contributed by atoms with Gasteiger partial charge in [0.25, 0.3) is 0 Å². The van der Waals surface area contributed by atoms with Crippen molar-refractivity contribution in [3.8, 4) is 0 Å². The lowest BCUT2D eigenvalue weighted by atomic mass is 10.1. The molecule has 3 heterocycles. The van der Waals surface area contributed by atoms with Gasteiger partial charge in [0.2, 0.25) is 0 Å². The molecule has 7 heteroatoms. The first kappa shape index (κ1) is 16.0. The van der Waals surface area contributed by atoms with E-state index in [1.54, 1.807) is 19.2 Å². The molecule has 4 rings (SSSR count). The number of nitrogens with zero attached hydrogens (tertiary/aromatic N) is 4. The molecule has 1 fully saturated rings. The van der Waals surface area contributed by atoms with E-state index in [2.05, 4.69) is 15.0 Å². The highest BCUT2D eigenvalue weighted by atomic mass is 19.2. The molecule has 1 atom stereocenters. The molecule has 1 aromatic carbocycles. The highest BCUT2D eigenvalue weighted by Gasteiger charge is 2.24. The van der Waals surface area contributed by atoms with E-state index in [0.717, 1.165) is 11.8 Å². The van der Waals surface area contributed by atoms with Gasteiger partial charge >= 0.3 is 0 Å². The monoisotopic (exact) mass is 344 g/mol. The SMILES string of the molecule is Cc1cc(N2CCO[C@@H](Cn3cccn3)C2)c2ccc(F)c(F)c2n1. The van der Waals surface area contributed by atoms with Gasteiger partial charge in [-0.05, 0) is 31.2 Å². The third-order valence-electron chi connectivity index (χ3n) is 4.41. The number of benzene rings is 1. The Morgan fingerprint density at radius 2 is 2.20 bits per heavy atom. The molecule has 0 unspecified atom stereocenters. The summed E-state index contributed by atoms with van der Waals surface area (Å²) in [4.78, 5) is 6.33. The molecule has 5 nitrogen and oxygen atoms in total. The van der Waals surface area contributed by atoms with Crippen LogP contribution in [0.2, 0.25) is 0 Å². The van der Waals surface area contributed by atoms with Crippen LogP contribution < -0.4 is 4.90 Å². The number of rotatable bonds is 3. The van der Waals surface area contributed by atoms with Crippen molar-refractivity contribution in [1.29, 1.82) is 0 Å². The van der Waals surface area contributed by atoms with Gasteiger partial charge in [-0.1, -0.05) is 0 Å². The van der Waals surface area contributed by atoms with Crippen molar-refractivity contribution in [3.63, 3.8) is 0 Å². The number of pyridine rings is 1. The van der Waals surface area contributed by atoms with Gasteiger partial charge in [0.1, 0.15) is 5.52 Å². The van der Waals surface area contributed by atoms with Crippen LogP contribution in [-0.4, -0.2) is 40.6 Å². The summed E-state index contributed by atoms with van der Waals surface area (Å²) < 4.78 is 35.4. The fraction of sp³-hybridized carbons (Fsp3) is 0.333. The van der Waals surface area contributed by atoms with Crippen LogP contribution in [0.25, 0.3) is 10.9 Å². The van der Waals surface area contributed by atoms with Crippen LogP contribution in [-0.2, 0) is 11.3 Å². The number of fused-ring (bicyclic) bond motifs is 1. The highest BCUT2D eigenvalue weighted by molar-refractivity contribution is 5.92. The summed E-state index contributed by atoms with van der Waals surface area (Å²) in [5, 5.41) is 4.83. The maximum Gasteiger partial charge on any atom is 0.185 e. The molecule has 1 aliphatic heterocycles. The van der Waals surface area contributed by atoms with Crippen LogP contribution in [0.1, 0.15) is 5.69 Å². The lowest BCUT2D eigenvalue weighted by Gasteiger charge is -2.35. The van der Waals surface area contributed by atoms with E-state index < -0.39 is 11.6 Å². The Morgan fingerprint density at radius 3 is 3.00 bits per heavy atom. The van der Waals surface area contributed by atoms with Gasteiger partial charge in [-0.2, -0.15) is 5.10 Å². The first-order valence-corrected chi connectivity index (χ1v) is 8.21. The third kappa shape index (κ3) is 3.07. The van der Waals surface area contributed by atoms with Gasteiger partial charge in [-0.15, -0.1) is 0 Å². The Bertz CT molecular complexity index is 898. The van der Waals surface area contributed by atoms with Crippen molar-refractivity contribution < 1.29 is 13.5 Å². The van der Waals surface area contributed by atoms with Crippen LogP contribution in [0, 0.1) is 18.6 Å². The summed E-state index contributed by atoms with van der Waals surface area (Å²) in [5.74, 6) is -1.78. The molecule has 1 aliphatic rings. The van der Waals surface area contributed by atoms with Gasteiger partial charge in [-0.3, -0.25) is 4.68 Å². The first-order chi connectivity index (χ1) is 12.1. The summed E-state index contributed by atoms with van der Waals surface area (Å²) in [6.45, 7) is 4.34. The maximum atomic E-state index is 14.2. The van der Waals surface area contributed by atoms with Crippen molar-refractivity contribution in [2.24, 2.45) is 0 Å². The number of anilines is 1. The van der Waals surface area contributed by atoms with Gasteiger partial charge < -0.3 is 9.64 Å². The second-order valence-electron chi connectivity index (χ2n) is 6.21. The molecule has 0 N–H and O–H groups in total. The Kier molecular flexibility index (Phi) is 4.09. The van der Waals surface area contributed by atoms with Gasteiger partial charge in [-0.25, -0.2) is 13.8 Å². The van der Waals surface area contributed by atoms with E-state index in [4.69, 9.17) is 4.74 Å². The van der Waals surface area contributed by atoms with Crippen molar-refractivity contribution in [1.82, 2.24) is 14.8 Å². The smallest absolute Gasteiger partial charge is 0.185 e.